The smallest absolute Gasteiger partial charge is 0.306 e. The Morgan fingerprint density at radius 2 is 1.05 bits per heavy atom. The van der Waals surface area contributed by atoms with Crippen LogP contribution in [-0.2, 0) is 14.3 Å². The molecule has 0 aliphatic carbocycles. The summed E-state index contributed by atoms with van der Waals surface area (Å²) in [5.74, 6) is -0.673. The second-order valence-corrected chi connectivity index (χ2v) is 11.3. The van der Waals surface area contributed by atoms with Crippen molar-refractivity contribution in [2.24, 2.45) is 0 Å². The molecule has 0 spiro atoms. The summed E-state index contributed by atoms with van der Waals surface area (Å²) in [5, 5.41) is 8.66. The Bertz CT molecular complexity index is 649. The number of carbonyl (C=O) groups is 2. The van der Waals surface area contributed by atoms with E-state index in [-0.39, 0.29) is 12.1 Å². The molecule has 0 bridgehead atoms. The maximum absolute atomic E-state index is 12.4. The molecule has 40 heavy (non-hydrogen) atoms. The first-order valence-corrected chi connectivity index (χ1v) is 17.0. The third-order valence-corrected chi connectivity index (χ3v) is 7.38. The summed E-state index contributed by atoms with van der Waals surface area (Å²) in [6.45, 7) is 4.36. The van der Waals surface area contributed by atoms with E-state index in [0.717, 1.165) is 89.9 Å². The van der Waals surface area contributed by atoms with Crippen LogP contribution in [-0.4, -0.2) is 23.1 Å². The highest BCUT2D eigenvalue weighted by Crippen LogP contribution is 2.17. The van der Waals surface area contributed by atoms with E-state index in [9.17, 15) is 9.59 Å². The van der Waals surface area contributed by atoms with Crippen molar-refractivity contribution in [2.75, 3.05) is 0 Å². The van der Waals surface area contributed by atoms with Crippen molar-refractivity contribution < 1.29 is 19.4 Å². The van der Waals surface area contributed by atoms with Crippen LogP contribution in [0.5, 0.6) is 0 Å². The van der Waals surface area contributed by atoms with Crippen molar-refractivity contribution in [1.29, 1.82) is 0 Å². The maximum atomic E-state index is 12.4. The molecular formula is C36H64O4. The number of rotatable bonds is 30. The molecule has 1 atom stereocenters. The number of carboxylic acids is 1. The normalized spacial score (nSPS) is 12.7. The maximum Gasteiger partial charge on any atom is 0.306 e. The zero-order valence-corrected chi connectivity index (χ0v) is 26.4. The number of hydrogen-bond acceptors (Lipinski definition) is 3. The van der Waals surface area contributed by atoms with Gasteiger partial charge >= 0.3 is 11.9 Å². The Hall–Kier alpha value is -1.84. The van der Waals surface area contributed by atoms with E-state index in [2.05, 4.69) is 50.3 Å². The fraction of sp³-hybridized carbons (Fsp3) is 0.778. The third kappa shape index (κ3) is 30.7. The molecule has 232 valence electrons. The molecule has 0 fully saturated rings. The predicted octanol–water partition coefficient (Wildman–Crippen LogP) is 11.4. The summed E-state index contributed by atoms with van der Waals surface area (Å²) in [4.78, 5) is 22.9. The number of ether oxygens (including phenoxy) is 1. The topological polar surface area (TPSA) is 63.6 Å². The Kier molecular flexibility index (Phi) is 30.2. The molecule has 4 heteroatoms. The van der Waals surface area contributed by atoms with Crippen molar-refractivity contribution in [3.05, 3.63) is 36.5 Å². The van der Waals surface area contributed by atoms with Gasteiger partial charge in [-0.05, 0) is 64.2 Å². The average molecular weight is 561 g/mol. The van der Waals surface area contributed by atoms with Gasteiger partial charge in [-0.25, -0.2) is 0 Å². The number of hydrogen-bond donors (Lipinski definition) is 1. The number of unbranched alkanes of at least 4 members (excludes halogenated alkanes) is 15. The van der Waals surface area contributed by atoms with Gasteiger partial charge in [0.1, 0.15) is 6.10 Å². The standard InChI is InChI=1S/C36H64O4/c1-3-5-7-8-9-10-11-12-13-14-15-20-23-26-29-33-36(39)40-34(30-6-4-2)31-27-24-21-18-16-17-19-22-25-28-32-35(37)38/h5,7,9-10,12-13,34H,3-4,6,8,11,14-33H2,1-2H3,(H,37,38)/b7-5-,10-9-,13-12-. The van der Waals surface area contributed by atoms with Gasteiger partial charge in [0, 0.05) is 12.8 Å². The van der Waals surface area contributed by atoms with Crippen LogP contribution in [0.2, 0.25) is 0 Å². The lowest BCUT2D eigenvalue weighted by molar-refractivity contribution is -0.150. The van der Waals surface area contributed by atoms with E-state index < -0.39 is 5.97 Å². The van der Waals surface area contributed by atoms with E-state index in [0.29, 0.717) is 12.8 Å². The highest BCUT2D eigenvalue weighted by Gasteiger charge is 2.13. The zero-order valence-electron chi connectivity index (χ0n) is 26.4. The van der Waals surface area contributed by atoms with Crippen LogP contribution < -0.4 is 0 Å². The second kappa shape index (κ2) is 31.7. The number of aliphatic carboxylic acids is 1. The van der Waals surface area contributed by atoms with Gasteiger partial charge in [0.2, 0.25) is 0 Å². The van der Waals surface area contributed by atoms with Gasteiger partial charge in [-0.1, -0.05) is 134 Å². The van der Waals surface area contributed by atoms with Gasteiger partial charge < -0.3 is 9.84 Å². The van der Waals surface area contributed by atoms with Gasteiger partial charge in [0.15, 0.2) is 0 Å². The highest BCUT2D eigenvalue weighted by molar-refractivity contribution is 5.69. The fourth-order valence-electron chi connectivity index (χ4n) is 4.89. The van der Waals surface area contributed by atoms with E-state index in [1.54, 1.807) is 0 Å². The molecule has 0 aromatic rings. The Morgan fingerprint density at radius 3 is 1.62 bits per heavy atom. The Morgan fingerprint density at radius 1 is 0.575 bits per heavy atom. The molecule has 0 saturated carbocycles. The predicted molar refractivity (Wildman–Crippen MR) is 172 cm³/mol. The molecule has 0 aromatic heterocycles. The van der Waals surface area contributed by atoms with E-state index >= 15 is 0 Å². The average Bonchev–Trinajstić information content (AvgIpc) is 2.94. The van der Waals surface area contributed by atoms with Gasteiger partial charge in [-0.15, -0.1) is 0 Å². The molecule has 1 N–H and O–H groups in total. The van der Waals surface area contributed by atoms with Crippen LogP contribution in [0.3, 0.4) is 0 Å². The summed E-state index contributed by atoms with van der Waals surface area (Å²) >= 11 is 0. The number of esters is 1. The molecule has 4 nitrogen and oxygen atoms in total. The minimum absolute atomic E-state index is 0.00521. The van der Waals surface area contributed by atoms with Crippen molar-refractivity contribution in [3.63, 3.8) is 0 Å². The second-order valence-electron chi connectivity index (χ2n) is 11.3. The van der Waals surface area contributed by atoms with Crippen molar-refractivity contribution in [3.8, 4) is 0 Å². The van der Waals surface area contributed by atoms with Crippen molar-refractivity contribution in [2.45, 2.75) is 180 Å². The summed E-state index contributed by atoms with van der Waals surface area (Å²) in [7, 11) is 0. The first-order valence-electron chi connectivity index (χ1n) is 17.0. The largest absolute Gasteiger partial charge is 0.481 e. The Balaban J connectivity index is 3.72. The minimum atomic E-state index is -0.678. The SMILES string of the molecule is CC/C=C\C/C=C\C/C=C\CCCCCCCC(=O)OC(CCCC)CCCCCCCCCCCCC(=O)O. The van der Waals surface area contributed by atoms with Crippen LogP contribution in [0.15, 0.2) is 36.5 Å². The van der Waals surface area contributed by atoms with Crippen LogP contribution in [0.1, 0.15) is 174 Å². The van der Waals surface area contributed by atoms with Crippen LogP contribution >= 0.6 is 0 Å². The molecule has 0 heterocycles. The molecule has 0 aromatic carbocycles. The fourth-order valence-corrected chi connectivity index (χ4v) is 4.89. The van der Waals surface area contributed by atoms with Crippen molar-refractivity contribution in [1.82, 2.24) is 0 Å². The summed E-state index contributed by atoms with van der Waals surface area (Å²) in [6, 6.07) is 0. The van der Waals surface area contributed by atoms with Gasteiger partial charge in [0.25, 0.3) is 0 Å². The van der Waals surface area contributed by atoms with Gasteiger partial charge in [0.05, 0.1) is 0 Å². The highest BCUT2D eigenvalue weighted by atomic mass is 16.5. The molecule has 0 aliphatic heterocycles. The third-order valence-electron chi connectivity index (χ3n) is 7.38. The first kappa shape index (κ1) is 38.2. The monoisotopic (exact) mass is 560 g/mol. The van der Waals surface area contributed by atoms with Crippen LogP contribution in [0.4, 0.5) is 0 Å². The molecule has 0 amide bonds. The minimum Gasteiger partial charge on any atom is -0.481 e. The van der Waals surface area contributed by atoms with Gasteiger partial charge in [-0.3, -0.25) is 9.59 Å². The van der Waals surface area contributed by atoms with E-state index in [1.165, 1.54) is 57.8 Å². The van der Waals surface area contributed by atoms with E-state index in [4.69, 9.17) is 9.84 Å². The molecule has 0 aliphatic rings. The summed E-state index contributed by atoms with van der Waals surface area (Å²) in [5.41, 5.74) is 0. The molecule has 1 unspecified atom stereocenters. The quantitative estimate of drug-likeness (QED) is 0.0539. The van der Waals surface area contributed by atoms with Crippen LogP contribution in [0, 0.1) is 0 Å². The summed E-state index contributed by atoms with van der Waals surface area (Å²) < 4.78 is 5.88. The van der Waals surface area contributed by atoms with Crippen LogP contribution in [0.25, 0.3) is 0 Å². The lowest BCUT2D eigenvalue weighted by Crippen LogP contribution is -2.18. The first-order chi connectivity index (χ1) is 19.6. The Labute approximate surface area is 248 Å². The lowest BCUT2D eigenvalue weighted by Gasteiger charge is -2.18. The number of allylic oxidation sites excluding steroid dienone is 6. The van der Waals surface area contributed by atoms with Gasteiger partial charge in [-0.2, -0.15) is 0 Å². The molecule has 0 saturated heterocycles. The summed E-state index contributed by atoms with van der Waals surface area (Å²) in [6.07, 6.45) is 40.5. The number of carboxylic acid groups (broad SMARTS) is 1. The van der Waals surface area contributed by atoms with E-state index in [1.807, 2.05) is 0 Å². The molecule has 0 rings (SSSR count). The molecule has 0 radical (unpaired) electrons. The van der Waals surface area contributed by atoms with Crippen molar-refractivity contribution >= 4 is 11.9 Å². The number of carbonyl (C=O) groups excluding carboxylic acids is 1. The lowest BCUT2D eigenvalue weighted by atomic mass is 10.0. The zero-order chi connectivity index (χ0) is 29.4. The molecular weight excluding hydrogens is 496 g/mol.